The van der Waals surface area contributed by atoms with Gasteiger partial charge >= 0.3 is 11.7 Å². The Morgan fingerprint density at radius 1 is 1.32 bits per heavy atom. The molecule has 2 aliphatic rings. The normalized spacial score (nSPS) is 22.3. The van der Waals surface area contributed by atoms with Crippen LogP contribution in [0.2, 0.25) is 0 Å². The van der Waals surface area contributed by atoms with Crippen LogP contribution in [0.1, 0.15) is 18.4 Å². The first-order chi connectivity index (χ1) is 11.8. The van der Waals surface area contributed by atoms with Gasteiger partial charge in [0.2, 0.25) is 0 Å². The number of carbonyl (C=O) groups is 1. The molecule has 0 saturated carbocycles. The summed E-state index contributed by atoms with van der Waals surface area (Å²) < 4.78 is 33.1. The van der Waals surface area contributed by atoms with Gasteiger partial charge in [-0.1, -0.05) is 6.07 Å². The van der Waals surface area contributed by atoms with Crippen LogP contribution in [0.4, 0.5) is 19.3 Å². The lowest BCUT2D eigenvalue weighted by Gasteiger charge is -2.49. The molecule has 10 heteroatoms. The number of phenolic OH excluding ortho intramolecular Hbond substituents is 1. The number of phenols is 1. The molecule has 2 saturated heterocycles. The number of halogens is 2. The summed E-state index contributed by atoms with van der Waals surface area (Å²) in [5.41, 5.74) is -1.37. The number of nitrogens with one attached hydrogen (secondary N) is 1. The van der Waals surface area contributed by atoms with Crippen molar-refractivity contribution in [1.29, 1.82) is 0 Å². The summed E-state index contributed by atoms with van der Waals surface area (Å²) in [6.45, 7) is -1.08. The number of alkyl halides is 2. The lowest BCUT2D eigenvalue weighted by molar-refractivity contribution is -0.386. The molecule has 2 aliphatic heterocycles. The van der Waals surface area contributed by atoms with E-state index in [-0.39, 0.29) is 26.1 Å². The topological polar surface area (TPSA) is 105 Å². The Morgan fingerprint density at radius 2 is 2.00 bits per heavy atom. The zero-order chi connectivity index (χ0) is 18.2. The molecule has 0 bridgehead atoms. The van der Waals surface area contributed by atoms with E-state index in [0.717, 1.165) is 17.0 Å². The molecule has 2 heterocycles. The predicted molar refractivity (Wildman–Crippen MR) is 81.5 cm³/mol. The number of rotatable bonds is 3. The molecular weight excluding hydrogens is 340 g/mol. The van der Waals surface area contributed by atoms with E-state index < -0.39 is 46.9 Å². The number of nitro groups is 1. The fourth-order valence-corrected chi connectivity index (χ4v) is 3.39. The van der Waals surface area contributed by atoms with Gasteiger partial charge in [0.25, 0.3) is 5.92 Å². The molecule has 2 N–H and O–H groups in total. The van der Waals surface area contributed by atoms with Gasteiger partial charge in [-0.25, -0.2) is 13.6 Å². The molecule has 8 nitrogen and oxygen atoms in total. The lowest BCUT2D eigenvalue weighted by Crippen LogP contribution is -2.64. The summed E-state index contributed by atoms with van der Waals surface area (Å²) in [6, 6.07) is 3.06. The highest BCUT2D eigenvalue weighted by molar-refractivity contribution is 5.76. The molecule has 0 radical (unpaired) electrons. The van der Waals surface area contributed by atoms with Crippen molar-refractivity contribution in [3.8, 4) is 5.75 Å². The fourth-order valence-electron chi connectivity index (χ4n) is 3.39. The molecule has 0 aromatic heterocycles. The maximum absolute atomic E-state index is 13.9. The van der Waals surface area contributed by atoms with Gasteiger partial charge in [0.1, 0.15) is 0 Å². The van der Waals surface area contributed by atoms with E-state index in [9.17, 15) is 28.8 Å². The van der Waals surface area contributed by atoms with Crippen molar-refractivity contribution in [3.63, 3.8) is 0 Å². The van der Waals surface area contributed by atoms with E-state index in [2.05, 4.69) is 5.32 Å². The molecule has 0 atom stereocenters. The molecule has 1 aromatic rings. The maximum atomic E-state index is 13.9. The largest absolute Gasteiger partial charge is 0.502 e. The first-order valence-corrected chi connectivity index (χ1v) is 7.74. The molecule has 136 valence electrons. The van der Waals surface area contributed by atoms with E-state index in [0.29, 0.717) is 5.56 Å². The first kappa shape index (κ1) is 17.3. The second kappa shape index (κ2) is 6.10. The van der Waals surface area contributed by atoms with Crippen molar-refractivity contribution in [2.24, 2.45) is 0 Å². The molecule has 2 fully saturated rings. The summed E-state index contributed by atoms with van der Waals surface area (Å²) >= 11 is 0. The van der Waals surface area contributed by atoms with Crippen LogP contribution < -0.4 is 5.32 Å². The van der Waals surface area contributed by atoms with Crippen molar-refractivity contribution < 1.29 is 28.3 Å². The number of hydrogen-bond acceptors (Lipinski definition) is 5. The summed E-state index contributed by atoms with van der Waals surface area (Å²) in [5.74, 6) is -3.63. The number of nitro benzene ring substituents is 1. The van der Waals surface area contributed by atoms with Gasteiger partial charge in [0.05, 0.1) is 23.6 Å². The average molecular weight is 357 g/mol. The fraction of sp³-hybridized carbons (Fsp3) is 0.533. The number of amides is 2. The van der Waals surface area contributed by atoms with Crippen molar-refractivity contribution in [1.82, 2.24) is 10.2 Å². The lowest BCUT2D eigenvalue weighted by atomic mass is 9.80. The maximum Gasteiger partial charge on any atom is 0.318 e. The first-order valence-electron chi connectivity index (χ1n) is 7.74. The van der Waals surface area contributed by atoms with E-state index in [1.807, 2.05) is 0 Å². The van der Waals surface area contributed by atoms with Crippen molar-refractivity contribution in [2.45, 2.75) is 24.3 Å². The number of ether oxygens (including phenoxy) is 1. The minimum absolute atomic E-state index is 0.221. The van der Waals surface area contributed by atoms with Crippen LogP contribution in [-0.4, -0.2) is 53.2 Å². The zero-order valence-electron chi connectivity index (χ0n) is 13.2. The molecule has 0 spiro atoms. The van der Waals surface area contributed by atoms with Gasteiger partial charge in [-0.05, 0) is 24.5 Å². The smallest absolute Gasteiger partial charge is 0.318 e. The Morgan fingerprint density at radius 3 is 2.64 bits per heavy atom. The van der Waals surface area contributed by atoms with Crippen LogP contribution >= 0.6 is 0 Å². The SMILES string of the molecule is O=C1NCC(F)(F)CN1C1(c2ccc(O)c([N+](=O)[O-])c2)CCOCC1. The Kier molecular flexibility index (Phi) is 4.23. The van der Waals surface area contributed by atoms with Crippen LogP contribution in [0.5, 0.6) is 5.75 Å². The third-order valence-corrected chi connectivity index (χ3v) is 4.68. The Bertz CT molecular complexity index is 706. The highest BCUT2D eigenvalue weighted by Crippen LogP contribution is 2.43. The highest BCUT2D eigenvalue weighted by atomic mass is 19.3. The van der Waals surface area contributed by atoms with Gasteiger partial charge in [-0.15, -0.1) is 0 Å². The van der Waals surface area contributed by atoms with E-state index in [4.69, 9.17) is 4.74 Å². The van der Waals surface area contributed by atoms with Crippen molar-refractivity contribution in [3.05, 3.63) is 33.9 Å². The Labute approximate surface area is 141 Å². The second-order valence-corrected chi connectivity index (χ2v) is 6.21. The average Bonchev–Trinajstić information content (AvgIpc) is 2.58. The quantitative estimate of drug-likeness (QED) is 0.636. The van der Waals surface area contributed by atoms with Gasteiger partial charge < -0.3 is 20.1 Å². The summed E-state index contributed by atoms with van der Waals surface area (Å²) in [6.07, 6.45) is 0.441. The van der Waals surface area contributed by atoms with Crippen LogP contribution in [-0.2, 0) is 10.3 Å². The molecule has 3 rings (SSSR count). The molecule has 0 aliphatic carbocycles. The third-order valence-electron chi connectivity index (χ3n) is 4.68. The van der Waals surface area contributed by atoms with E-state index >= 15 is 0 Å². The number of aromatic hydroxyl groups is 1. The van der Waals surface area contributed by atoms with Gasteiger partial charge in [-0.3, -0.25) is 10.1 Å². The highest BCUT2D eigenvalue weighted by Gasteiger charge is 2.50. The van der Waals surface area contributed by atoms with Crippen LogP contribution in [0.3, 0.4) is 0 Å². The minimum Gasteiger partial charge on any atom is -0.502 e. The molecular formula is C15H17F2N3O5. The van der Waals surface area contributed by atoms with Crippen LogP contribution in [0.25, 0.3) is 0 Å². The number of hydrogen-bond donors (Lipinski definition) is 2. The van der Waals surface area contributed by atoms with Gasteiger partial charge in [-0.2, -0.15) is 0 Å². The number of carbonyl (C=O) groups excluding carboxylic acids is 1. The second-order valence-electron chi connectivity index (χ2n) is 6.21. The Hall–Kier alpha value is -2.49. The zero-order valence-corrected chi connectivity index (χ0v) is 13.2. The summed E-state index contributed by atoms with van der Waals surface area (Å²) in [5, 5.41) is 22.9. The minimum atomic E-state index is -3.11. The number of urea groups is 1. The Balaban J connectivity index is 2.09. The van der Waals surface area contributed by atoms with Crippen LogP contribution in [0, 0.1) is 10.1 Å². The van der Waals surface area contributed by atoms with Gasteiger partial charge in [0, 0.05) is 19.3 Å². The number of benzene rings is 1. The van der Waals surface area contributed by atoms with E-state index in [1.54, 1.807) is 0 Å². The molecule has 1 aromatic carbocycles. The predicted octanol–water partition coefficient (Wildman–Crippen LogP) is 1.97. The third kappa shape index (κ3) is 3.09. The van der Waals surface area contributed by atoms with Crippen molar-refractivity contribution in [2.75, 3.05) is 26.3 Å². The van der Waals surface area contributed by atoms with Crippen LogP contribution in [0.15, 0.2) is 18.2 Å². The monoisotopic (exact) mass is 357 g/mol. The standard InChI is InChI=1S/C15H17F2N3O5/c16-15(17)8-18-13(22)19(9-15)14(3-5-25-6-4-14)10-1-2-12(21)11(7-10)20(23)24/h1-2,7,21H,3-6,8-9H2,(H,18,22). The molecule has 2 amide bonds. The summed E-state index contributed by atoms with van der Waals surface area (Å²) in [4.78, 5) is 23.7. The molecule has 0 unspecified atom stereocenters. The summed E-state index contributed by atoms with van der Waals surface area (Å²) in [7, 11) is 0. The number of nitrogens with zero attached hydrogens (tertiary/aromatic N) is 2. The van der Waals surface area contributed by atoms with Gasteiger partial charge in [0.15, 0.2) is 5.75 Å². The van der Waals surface area contributed by atoms with Crippen molar-refractivity contribution >= 4 is 11.7 Å². The molecule has 25 heavy (non-hydrogen) atoms. The van der Waals surface area contributed by atoms with E-state index in [1.165, 1.54) is 6.07 Å².